The van der Waals surface area contributed by atoms with Gasteiger partial charge in [-0.05, 0) is 42.5 Å². The first-order chi connectivity index (χ1) is 15.7. The third-order valence-electron chi connectivity index (χ3n) is 4.63. The summed E-state index contributed by atoms with van der Waals surface area (Å²) in [6.07, 6.45) is 3.46. The zero-order valence-corrected chi connectivity index (χ0v) is 18.4. The minimum atomic E-state index is -0.259. The highest BCUT2D eigenvalue weighted by Gasteiger charge is 2.13. The number of carbonyl (C=O) groups excluding carboxylic acids is 1. The number of ether oxygens (including phenoxy) is 3. The summed E-state index contributed by atoms with van der Waals surface area (Å²) in [5.74, 6) is 1.61. The van der Waals surface area contributed by atoms with Gasteiger partial charge in [0.15, 0.2) is 16.6 Å². The number of benzene rings is 2. The lowest BCUT2D eigenvalue weighted by Crippen LogP contribution is -2.11. The molecule has 0 unspecified atom stereocenters. The highest BCUT2D eigenvalue weighted by molar-refractivity contribution is 7.14. The number of nitrogens with zero attached hydrogens (tertiary/aromatic N) is 2. The average Bonchev–Trinajstić information content (AvgIpc) is 3.31. The molecule has 2 heterocycles. The number of amides is 1. The Morgan fingerprint density at radius 1 is 1.03 bits per heavy atom. The van der Waals surface area contributed by atoms with Crippen molar-refractivity contribution in [1.29, 1.82) is 0 Å². The summed E-state index contributed by atoms with van der Waals surface area (Å²) in [4.78, 5) is 21.3. The topological polar surface area (TPSA) is 82.6 Å². The highest BCUT2D eigenvalue weighted by Crippen LogP contribution is 2.33. The van der Waals surface area contributed by atoms with Crippen LogP contribution in [-0.2, 0) is 6.61 Å². The van der Waals surface area contributed by atoms with E-state index in [1.807, 2.05) is 41.8 Å². The minimum absolute atomic E-state index is 0.259. The van der Waals surface area contributed by atoms with Gasteiger partial charge in [-0.3, -0.25) is 15.1 Å². The molecule has 7 nitrogen and oxygen atoms in total. The molecule has 0 saturated carbocycles. The average molecular weight is 448 g/mol. The van der Waals surface area contributed by atoms with Gasteiger partial charge in [0.1, 0.15) is 12.4 Å². The van der Waals surface area contributed by atoms with Gasteiger partial charge < -0.3 is 14.2 Å². The molecule has 0 radical (unpaired) electrons. The summed E-state index contributed by atoms with van der Waals surface area (Å²) in [7, 11) is 3.18. The third kappa shape index (κ3) is 5.04. The van der Waals surface area contributed by atoms with Crippen LogP contribution in [0.3, 0.4) is 0 Å². The standard InChI is InChI=1S/C24H21N3O4S/c1-29-21-9-8-17(12-22(21)30-2)20-15-32-24(26-20)27-23(28)18-6-3-7-19(11-18)31-14-16-5-4-10-25-13-16/h3-13,15H,14H2,1-2H3,(H,26,27,28). The lowest BCUT2D eigenvalue weighted by atomic mass is 10.1. The molecule has 0 atom stereocenters. The van der Waals surface area contributed by atoms with Gasteiger partial charge in [-0.25, -0.2) is 4.98 Å². The Bertz CT molecular complexity index is 1210. The van der Waals surface area contributed by atoms with E-state index in [4.69, 9.17) is 14.2 Å². The number of methoxy groups -OCH3 is 2. The second kappa shape index (κ2) is 9.93. The second-order valence-electron chi connectivity index (χ2n) is 6.74. The molecule has 0 bridgehead atoms. The van der Waals surface area contributed by atoms with Gasteiger partial charge in [-0.15, -0.1) is 11.3 Å². The molecule has 0 aliphatic heterocycles. The van der Waals surface area contributed by atoms with Gasteiger partial charge in [0.2, 0.25) is 0 Å². The molecule has 1 amide bonds. The molecule has 8 heteroatoms. The number of hydrogen-bond donors (Lipinski definition) is 1. The monoisotopic (exact) mass is 447 g/mol. The largest absolute Gasteiger partial charge is 0.493 e. The van der Waals surface area contributed by atoms with E-state index in [2.05, 4.69) is 15.3 Å². The number of thiazole rings is 1. The number of aromatic nitrogens is 2. The van der Waals surface area contributed by atoms with Gasteiger partial charge in [-0.2, -0.15) is 0 Å². The fraction of sp³-hybridized carbons (Fsp3) is 0.125. The van der Waals surface area contributed by atoms with E-state index >= 15 is 0 Å². The summed E-state index contributed by atoms with van der Waals surface area (Å²) in [6, 6.07) is 16.4. The quantitative estimate of drug-likeness (QED) is 0.407. The van der Waals surface area contributed by atoms with Gasteiger partial charge in [0, 0.05) is 34.5 Å². The Labute approximate surface area is 189 Å². The van der Waals surface area contributed by atoms with Crippen molar-refractivity contribution in [1.82, 2.24) is 9.97 Å². The van der Waals surface area contributed by atoms with Gasteiger partial charge in [0.25, 0.3) is 5.91 Å². The summed E-state index contributed by atoms with van der Waals surface area (Å²) in [6.45, 7) is 0.375. The molecule has 162 valence electrons. The van der Waals surface area contributed by atoms with Crippen LogP contribution in [0.4, 0.5) is 5.13 Å². The first-order valence-electron chi connectivity index (χ1n) is 9.77. The fourth-order valence-corrected chi connectivity index (χ4v) is 3.72. The maximum atomic E-state index is 12.7. The van der Waals surface area contributed by atoms with E-state index in [0.717, 1.165) is 16.8 Å². The Balaban J connectivity index is 1.43. The maximum Gasteiger partial charge on any atom is 0.257 e. The molecule has 0 spiro atoms. The Morgan fingerprint density at radius 2 is 1.91 bits per heavy atom. The molecular formula is C24H21N3O4S. The van der Waals surface area contributed by atoms with Crippen LogP contribution in [0.5, 0.6) is 17.2 Å². The van der Waals surface area contributed by atoms with E-state index < -0.39 is 0 Å². The van der Waals surface area contributed by atoms with Crippen LogP contribution in [0.15, 0.2) is 72.4 Å². The molecule has 2 aromatic heterocycles. The number of nitrogens with one attached hydrogen (secondary N) is 1. The van der Waals surface area contributed by atoms with Crippen molar-refractivity contribution < 1.29 is 19.0 Å². The van der Waals surface area contributed by atoms with Crippen LogP contribution in [0.25, 0.3) is 11.3 Å². The van der Waals surface area contributed by atoms with Crippen LogP contribution in [0.2, 0.25) is 0 Å². The molecule has 4 aromatic rings. The van der Waals surface area contributed by atoms with Crippen molar-refractivity contribution in [2.45, 2.75) is 6.61 Å². The van der Waals surface area contributed by atoms with E-state index in [1.54, 1.807) is 44.8 Å². The van der Waals surface area contributed by atoms with E-state index in [1.165, 1.54) is 11.3 Å². The Morgan fingerprint density at radius 3 is 2.69 bits per heavy atom. The predicted octanol–water partition coefficient (Wildman–Crippen LogP) is 5.05. The summed E-state index contributed by atoms with van der Waals surface area (Å²) in [5.41, 5.74) is 3.04. The Hall–Kier alpha value is -3.91. The minimum Gasteiger partial charge on any atom is -0.493 e. The lowest BCUT2D eigenvalue weighted by Gasteiger charge is -2.08. The Kier molecular flexibility index (Phi) is 6.62. The second-order valence-corrected chi connectivity index (χ2v) is 7.60. The summed E-state index contributed by atoms with van der Waals surface area (Å²) < 4.78 is 16.4. The molecule has 4 rings (SSSR count). The molecule has 0 fully saturated rings. The summed E-state index contributed by atoms with van der Waals surface area (Å²) in [5, 5.41) is 5.23. The number of carbonyl (C=O) groups is 1. The van der Waals surface area contributed by atoms with Crippen LogP contribution in [0.1, 0.15) is 15.9 Å². The van der Waals surface area contributed by atoms with E-state index in [0.29, 0.717) is 34.6 Å². The smallest absolute Gasteiger partial charge is 0.257 e. The highest BCUT2D eigenvalue weighted by atomic mass is 32.1. The molecule has 2 aromatic carbocycles. The fourth-order valence-electron chi connectivity index (χ4n) is 3.01. The van der Waals surface area contributed by atoms with Gasteiger partial charge in [-0.1, -0.05) is 12.1 Å². The van der Waals surface area contributed by atoms with Crippen molar-refractivity contribution in [2.24, 2.45) is 0 Å². The zero-order chi connectivity index (χ0) is 22.3. The predicted molar refractivity (Wildman–Crippen MR) is 124 cm³/mol. The van der Waals surface area contributed by atoms with Crippen LogP contribution >= 0.6 is 11.3 Å². The molecule has 0 aliphatic rings. The van der Waals surface area contributed by atoms with Crippen LogP contribution in [0, 0.1) is 0 Å². The van der Waals surface area contributed by atoms with E-state index in [-0.39, 0.29) is 5.91 Å². The van der Waals surface area contributed by atoms with Crippen LogP contribution in [-0.4, -0.2) is 30.1 Å². The number of rotatable bonds is 8. The SMILES string of the molecule is COc1ccc(-c2csc(NC(=O)c3cccc(OCc4cccnc4)c3)n2)cc1OC. The summed E-state index contributed by atoms with van der Waals surface area (Å²) >= 11 is 1.35. The molecule has 32 heavy (non-hydrogen) atoms. The van der Waals surface area contributed by atoms with Gasteiger partial charge >= 0.3 is 0 Å². The molecule has 0 saturated heterocycles. The first-order valence-corrected chi connectivity index (χ1v) is 10.7. The van der Waals surface area contributed by atoms with Crippen molar-refractivity contribution in [3.8, 4) is 28.5 Å². The first kappa shape index (κ1) is 21.3. The van der Waals surface area contributed by atoms with Gasteiger partial charge in [0.05, 0.1) is 19.9 Å². The van der Waals surface area contributed by atoms with Crippen molar-refractivity contribution >= 4 is 22.4 Å². The maximum absolute atomic E-state index is 12.7. The van der Waals surface area contributed by atoms with Crippen LogP contribution < -0.4 is 19.5 Å². The molecule has 0 aliphatic carbocycles. The number of hydrogen-bond acceptors (Lipinski definition) is 7. The molecular weight excluding hydrogens is 426 g/mol. The number of pyridine rings is 1. The van der Waals surface area contributed by atoms with Crippen molar-refractivity contribution in [2.75, 3.05) is 19.5 Å². The molecule has 1 N–H and O–H groups in total. The van der Waals surface area contributed by atoms with Crippen molar-refractivity contribution in [3.05, 3.63) is 83.5 Å². The number of anilines is 1. The lowest BCUT2D eigenvalue weighted by molar-refractivity contribution is 0.102. The normalized spacial score (nSPS) is 10.4. The van der Waals surface area contributed by atoms with Crippen molar-refractivity contribution in [3.63, 3.8) is 0 Å². The third-order valence-corrected chi connectivity index (χ3v) is 5.39. The van der Waals surface area contributed by atoms with E-state index in [9.17, 15) is 4.79 Å². The zero-order valence-electron chi connectivity index (χ0n) is 17.6.